The van der Waals surface area contributed by atoms with Crippen LogP contribution in [0.15, 0.2) is 152 Å². The predicted molar refractivity (Wildman–Crippen MR) is 299 cm³/mol. The van der Waals surface area contributed by atoms with E-state index in [0.29, 0.717) is 39.6 Å². The van der Waals surface area contributed by atoms with E-state index in [2.05, 4.69) is 47.0 Å². The second-order valence-corrected chi connectivity index (χ2v) is 16.9. The van der Waals surface area contributed by atoms with Gasteiger partial charge in [0.1, 0.15) is 78.5 Å². The largest absolute Gasteiger partial charge is 0.308 e. The molecule has 7 nitrogen and oxygen atoms in total. The van der Waals surface area contributed by atoms with Crippen molar-refractivity contribution in [3.63, 3.8) is 0 Å². The van der Waals surface area contributed by atoms with Crippen molar-refractivity contribution < 1.29 is 0 Å². The molecule has 11 rings (SSSR count). The summed E-state index contributed by atoms with van der Waals surface area (Å²) in [6, 6.07) is 49.6. The van der Waals surface area contributed by atoms with Gasteiger partial charge in [-0.2, -0.15) is 0 Å². The molecule has 0 spiro atoms. The van der Waals surface area contributed by atoms with Crippen LogP contribution >= 0.6 is 0 Å². The van der Waals surface area contributed by atoms with Crippen molar-refractivity contribution in [2.45, 2.75) is 0 Å². The molecule has 71 heavy (non-hydrogen) atoms. The van der Waals surface area contributed by atoms with E-state index in [1.165, 1.54) is 0 Å². The van der Waals surface area contributed by atoms with Gasteiger partial charge in [-0.25, -0.2) is 29.9 Å². The Bertz CT molecular complexity index is 3890. The Morgan fingerprint density at radius 1 is 0.268 bits per heavy atom. The van der Waals surface area contributed by atoms with Gasteiger partial charge < -0.3 is 4.57 Å². The monoisotopic (exact) mass is 881 g/mol. The SMILES string of the molecule is [B]c1c([B])c([B])c(-c2nc(-c3ccccc3)nc(-c3ccc(-n4c5ccccc5c5ccc(-c6ccccc6)cc54)c(-c4nc(-c5ccccc5)nc(-c5c([B])c([B])c([B])c([B])c5[B])n4)c3)n2)c([B])c1[B]. The average molecular weight is 880 g/mol. The molecule has 0 amide bonds. The normalized spacial score (nSPS) is 11.4. The van der Waals surface area contributed by atoms with Crippen LogP contribution in [-0.2, 0) is 0 Å². The lowest BCUT2D eigenvalue weighted by molar-refractivity contribution is 1.06. The Morgan fingerprint density at radius 3 is 1.17 bits per heavy atom. The van der Waals surface area contributed by atoms with Gasteiger partial charge in [0, 0.05) is 44.2 Å². The van der Waals surface area contributed by atoms with E-state index < -0.39 is 0 Å². The first-order valence-electron chi connectivity index (χ1n) is 22.3. The Hall–Kier alpha value is -7.77. The summed E-state index contributed by atoms with van der Waals surface area (Å²) < 4.78 is 2.19. The molecule has 0 aliphatic heterocycles. The minimum absolute atomic E-state index is 0.0443. The maximum absolute atomic E-state index is 6.72. The molecule has 8 aromatic carbocycles. The molecule has 0 aliphatic carbocycles. The Kier molecular flexibility index (Phi) is 11.7. The van der Waals surface area contributed by atoms with E-state index in [4.69, 9.17) is 108 Å². The smallest absolute Gasteiger partial charge is 0.166 e. The molecule has 0 unspecified atom stereocenters. The maximum Gasteiger partial charge on any atom is 0.166 e. The van der Waals surface area contributed by atoms with Gasteiger partial charge in [-0.1, -0.05) is 143 Å². The summed E-state index contributed by atoms with van der Waals surface area (Å²) in [5.74, 6) is 1.31. The molecule has 0 N–H and O–H groups in total. The van der Waals surface area contributed by atoms with E-state index >= 15 is 0 Å². The molecule has 0 bridgehead atoms. The topological polar surface area (TPSA) is 82.3 Å². The summed E-state index contributed by atoms with van der Waals surface area (Å²) in [7, 11) is 64.9. The van der Waals surface area contributed by atoms with Crippen molar-refractivity contribution in [1.29, 1.82) is 0 Å². The number of para-hydroxylation sites is 1. The summed E-state index contributed by atoms with van der Waals surface area (Å²) in [6.07, 6.45) is 0. The van der Waals surface area contributed by atoms with Crippen LogP contribution in [0.3, 0.4) is 0 Å². The molecular formula is C54H25B10N7. The zero-order valence-corrected chi connectivity index (χ0v) is 37.8. The van der Waals surface area contributed by atoms with Crippen molar-refractivity contribution in [3.05, 3.63) is 152 Å². The van der Waals surface area contributed by atoms with Gasteiger partial charge in [-0.3, -0.25) is 0 Å². The lowest BCUT2D eigenvalue weighted by Gasteiger charge is -2.21. The van der Waals surface area contributed by atoms with Crippen molar-refractivity contribution in [2.75, 3.05) is 0 Å². The Balaban J connectivity index is 1.25. The van der Waals surface area contributed by atoms with Gasteiger partial charge in [-0.15, -0.1) is 32.8 Å². The number of hydrogen-bond donors (Lipinski definition) is 0. The molecule has 17 heteroatoms. The van der Waals surface area contributed by atoms with Crippen molar-refractivity contribution >= 4 is 155 Å². The van der Waals surface area contributed by atoms with Crippen molar-refractivity contribution in [1.82, 2.24) is 34.5 Å². The minimum atomic E-state index is 0.0443. The van der Waals surface area contributed by atoms with Gasteiger partial charge in [0.05, 0.1) is 16.7 Å². The zero-order chi connectivity index (χ0) is 49.2. The second-order valence-electron chi connectivity index (χ2n) is 16.9. The van der Waals surface area contributed by atoms with Crippen LogP contribution < -0.4 is 54.6 Å². The van der Waals surface area contributed by atoms with E-state index in [1.807, 2.05) is 109 Å². The quantitative estimate of drug-likeness (QED) is 0.210. The highest BCUT2D eigenvalue weighted by Gasteiger charge is 2.24. The first-order chi connectivity index (χ1) is 34.4. The van der Waals surface area contributed by atoms with E-state index in [1.54, 1.807) is 0 Å². The molecule has 306 valence electrons. The van der Waals surface area contributed by atoms with Crippen LogP contribution in [0.5, 0.6) is 0 Å². The molecule has 3 aromatic heterocycles. The fraction of sp³-hybridized carbons (Fsp3) is 0. The fourth-order valence-electron chi connectivity index (χ4n) is 8.93. The van der Waals surface area contributed by atoms with Gasteiger partial charge in [0.2, 0.25) is 0 Å². The molecular weight excluding hydrogens is 855 g/mol. The Morgan fingerprint density at radius 2 is 0.648 bits per heavy atom. The highest BCUT2D eigenvalue weighted by Crippen LogP contribution is 2.39. The van der Waals surface area contributed by atoms with E-state index in [-0.39, 0.29) is 89.1 Å². The first kappa shape index (κ1) is 45.7. The summed E-state index contributed by atoms with van der Waals surface area (Å²) >= 11 is 0. The fourth-order valence-corrected chi connectivity index (χ4v) is 8.93. The van der Waals surface area contributed by atoms with Crippen LogP contribution in [0.4, 0.5) is 0 Å². The summed E-state index contributed by atoms with van der Waals surface area (Å²) in [4.78, 5) is 30.3. The van der Waals surface area contributed by atoms with E-state index in [9.17, 15) is 0 Å². The van der Waals surface area contributed by atoms with Crippen LogP contribution in [0.1, 0.15) is 0 Å². The van der Waals surface area contributed by atoms with Gasteiger partial charge in [0.25, 0.3) is 0 Å². The van der Waals surface area contributed by atoms with Crippen LogP contribution in [0.25, 0.3) is 107 Å². The van der Waals surface area contributed by atoms with Crippen LogP contribution in [0, 0.1) is 0 Å². The minimum Gasteiger partial charge on any atom is -0.308 e. The number of aromatic nitrogens is 7. The van der Waals surface area contributed by atoms with Crippen LogP contribution in [-0.4, -0.2) is 113 Å². The molecule has 0 aliphatic rings. The third-order valence-electron chi connectivity index (χ3n) is 12.7. The number of fused-ring (bicyclic) bond motifs is 3. The molecule has 0 saturated carbocycles. The standard InChI is InChI=1S/C54H25B10N7/c55-39-37(40(56)44(60)47(63)43(39)59)53-67-49(27-14-6-2-7-15-27)65-51(69-53)30-21-23-35(71-34-19-11-10-18-31(34)32-22-20-29(25-36(32)71)26-12-4-1-5-13-26)33(24-30)52-66-50(28-16-8-3-9-17-28)68-54(70-52)38-41(57)45(61)48(64)46(62)42(38)58/h1-25H. The number of nitrogens with zero attached hydrogens (tertiary/aromatic N) is 7. The predicted octanol–water partition coefficient (Wildman–Crippen LogP) is 0.761. The third-order valence-corrected chi connectivity index (χ3v) is 12.7. The lowest BCUT2D eigenvalue weighted by Crippen LogP contribution is -2.55. The van der Waals surface area contributed by atoms with Crippen LogP contribution in [0.2, 0.25) is 0 Å². The number of rotatable bonds is 8. The number of benzene rings is 8. The summed E-state index contributed by atoms with van der Waals surface area (Å²) in [5, 5.41) is 2.05. The lowest BCUT2D eigenvalue weighted by atomic mass is 9.60. The molecule has 0 atom stereocenters. The first-order valence-corrected chi connectivity index (χ1v) is 22.3. The molecule has 0 saturated heterocycles. The molecule has 20 radical (unpaired) electrons. The van der Waals surface area contributed by atoms with Crippen molar-refractivity contribution in [2.24, 2.45) is 0 Å². The van der Waals surface area contributed by atoms with Gasteiger partial charge in [-0.05, 0) is 41.5 Å². The molecule has 11 aromatic rings. The maximum atomic E-state index is 6.72. The zero-order valence-electron chi connectivity index (χ0n) is 37.8. The summed E-state index contributed by atoms with van der Waals surface area (Å²) in [5.41, 5.74) is 8.01. The van der Waals surface area contributed by atoms with Gasteiger partial charge >= 0.3 is 0 Å². The highest BCUT2D eigenvalue weighted by atomic mass is 15.1. The average Bonchev–Trinajstić information content (AvgIpc) is 3.74. The van der Waals surface area contributed by atoms with Gasteiger partial charge in [0.15, 0.2) is 34.9 Å². The third kappa shape index (κ3) is 7.88. The van der Waals surface area contributed by atoms with E-state index in [0.717, 1.165) is 32.9 Å². The molecule has 0 fully saturated rings. The molecule has 3 heterocycles. The summed E-state index contributed by atoms with van der Waals surface area (Å²) in [6.45, 7) is 0. The Labute approximate surface area is 424 Å². The number of hydrogen-bond acceptors (Lipinski definition) is 6. The van der Waals surface area contributed by atoms with Crippen molar-refractivity contribution in [3.8, 4) is 85.1 Å². The second kappa shape index (κ2) is 18.2. The highest BCUT2D eigenvalue weighted by molar-refractivity contribution is 6.69.